The number of nitrogens with zero attached hydrogens (tertiary/aromatic N) is 5. The van der Waals surface area contributed by atoms with Gasteiger partial charge < -0.3 is 24.4 Å². The van der Waals surface area contributed by atoms with Crippen LogP contribution in [0.2, 0.25) is 5.02 Å². The zero-order chi connectivity index (χ0) is 20.6. The fourth-order valence-corrected chi connectivity index (χ4v) is 3.13. The second-order valence-electron chi connectivity index (χ2n) is 6.42. The van der Waals surface area contributed by atoms with Gasteiger partial charge in [-0.2, -0.15) is 4.98 Å². The maximum Gasteiger partial charge on any atom is 0.409 e. The van der Waals surface area contributed by atoms with Crippen LogP contribution < -0.4 is 5.32 Å². The lowest BCUT2D eigenvalue weighted by molar-refractivity contribution is 0.0914. The van der Waals surface area contributed by atoms with Gasteiger partial charge in [-0.25, -0.2) is 4.79 Å². The highest BCUT2D eigenvalue weighted by Crippen LogP contribution is 2.18. The Kier molecular flexibility index (Phi) is 7.29. The molecule has 1 aliphatic heterocycles. The van der Waals surface area contributed by atoms with E-state index < -0.39 is 0 Å². The van der Waals surface area contributed by atoms with E-state index >= 15 is 0 Å². The van der Waals surface area contributed by atoms with Crippen LogP contribution >= 0.6 is 11.6 Å². The average molecular weight is 421 g/mol. The molecule has 156 valence electrons. The van der Waals surface area contributed by atoms with Crippen molar-refractivity contribution in [3.05, 3.63) is 35.2 Å². The number of rotatable bonds is 5. The first kappa shape index (κ1) is 20.9. The van der Waals surface area contributed by atoms with Crippen molar-refractivity contribution >= 4 is 23.7 Å². The summed E-state index contributed by atoms with van der Waals surface area (Å²) in [5.41, 5.74) is 0.854. The summed E-state index contributed by atoms with van der Waals surface area (Å²) in [4.78, 5) is 24.4. The minimum atomic E-state index is -0.261. The summed E-state index contributed by atoms with van der Waals surface area (Å²) in [7, 11) is 1.74. The number of ether oxygens (including phenoxy) is 1. The highest BCUT2D eigenvalue weighted by molar-refractivity contribution is 6.30. The Morgan fingerprint density at radius 2 is 1.93 bits per heavy atom. The molecule has 0 unspecified atom stereocenters. The molecule has 1 aromatic heterocycles. The Balaban J connectivity index is 1.46. The largest absolute Gasteiger partial charge is 0.450 e. The van der Waals surface area contributed by atoms with Gasteiger partial charge in [0.05, 0.1) is 6.61 Å². The van der Waals surface area contributed by atoms with E-state index in [1.54, 1.807) is 24.1 Å². The zero-order valence-electron chi connectivity index (χ0n) is 16.6. The summed E-state index contributed by atoms with van der Waals surface area (Å²) in [6.45, 7) is 5.40. The van der Waals surface area contributed by atoms with Crippen molar-refractivity contribution in [2.24, 2.45) is 4.99 Å². The molecule has 0 bridgehead atoms. The fraction of sp³-hybridized carbons (Fsp3) is 0.474. The van der Waals surface area contributed by atoms with E-state index in [9.17, 15) is 4.79 Å². The van der Waals surface area contributed by atoms with E-state index in [0.29, 0.717) is 62.5 Å². The van der Waals surface area contributed by atoms with Gasteiger partial charge in [0.1, 0.15) is 0 Å². The van der Waals surface area contributed by atoms with E-state index in [1.165, 1.54) is 0 Å². The molecule has 1 amide bonds. The van der Waals surface area contributed by atoms with Crippen LogP contribution in [0.1, 0.15) is 12.8 Å². The van der Waals surface area contributed by atoms with Gasteiger partial charge in [-0.15, -0.1) is 0 Å². The SMILES string of the molecule is CCOC(=O)N1CCN(C(=NC)NCCc2nc(-c3ccc(Cl)cc3)no2)CC1. The van der Waals surface area contributed by atoms with Crippen LogP contribution in [0.15, 0.2) is 33.8 Å². The van der Waals surface area contributed by atoms with Gasteiger partial charge >= 0.3 is 6.09 Å². The number of nitrogens with one attached hydrogen (secondary N) is 1. The minimum Gasteiger partial charge on any atom is -0.450 e. The standard InChI is InChI=1S/C19H25ClN6O3/c1-3-28-19(27)26-12-10-25(11-13-26)18(21-2)22-9-8-16-23-17(24-29-16)14-4-6-15(20)7-5-14/h4-7H,3,8-13H2,1-2H3,(H,21,22). The molecule has 0 saturated carbocycles. The molecule has 3 rings (SSSR count). The van der Waals surface area contributed by atoms with Gasteiger partial charge in [-0.05, 0) is 31.2 Å². The predicted molar refractivity (Wildman–Crippen MR) is 110 cm³/mol. The molecule has 10 heteroatoms. The van der Waals surface area contributed by atoms with E-state index in [4.69, 9.17) is 20.9 Å². The van der Waals surface area contributed by atoms with Gasteiger partial charge in [0, 0.05) is 56.8 Å². The Labute approximate surface area is 174 Å². The number of aromatic nitrogens is 2. The summed E-state index contributed by atoms with van der Waals surface area (Å²) in [5, 5.41) is 7.99. The Morgan fingerprint density at radius 3 is 2.59 bits per heavy atom. The van der Waals surface area contributed by atoms with Crippen molar-refractivity contribution in [1.29, 1.82) is 0 Å². The van der Waals surface area contributed by atoms with Crippen LogP contribution in [-0.2, 0) is 11.2 Å². The second-order valence-corrected chi connectivity index (χ2v) is 6.85. The summed E-state index contributed by atoms with van der Waals surface area (Å²) in [6.07, 6.45) is 0.311. The van der Waals surface area contributed by atoms with Crippen molar-refractivity contribution in [3.63, 3.8) is 0 Å². The molecule has 0 radical (unpaired) electrons. The number of aliphatic imine (C=N–C) groups is 1. The lowest BCUT2D eigenvalue weighted by Crippen LogP contribution is -2.54. The number of guanidine groups is 1. The monoisotopic (exact) mass is 420 g/mol. The van der Waals surface area contributed by atoms with Crippen LogP contribution in [-0.4, -0.2) is 78.4 Å². The number of hydrogen-bond acceptors (Lipinski definition) is 6. The molecule has 1 aromatic carbocycles. The van der Waals surface area contributed by atoms with Gasteiger partial charge in [0.2, 0.25) is 11.7 Å². The van der Waals surface area contributed by atoms with Crippen molar-refractivity contribution in [2.45, 2.75) is 13.3 Å². The maximum absolute atomic E-state index is 11.8. The van der Waals surface area contributed by atoms with E-state index in [2.05, 4.69) is 25.3 Å². The Bertz CT molecular complexity index is 831. The summed E-state index contributed by atoms with van der Waals surface area (Å²) in [5.74, 6) is 1.87. The number of benzene rings is 1. The molecular weight excluding hydrogens is 396 g/mol. The molecule has 1 fully saturated rings. The fourth-order valence-electron chi connectivity index (χ4n) is 3.00. The molecule has 2 heterocycles. The van der Waals surface area contributed by atoms with E-state index in [-0.39, 0.29) is 6.09 Å². The molecular formula is C19H25ClN6O3. The molecule has 0 spiro atoms. The Hall–Kier alpha value is -2.81. The van der Waals surface area contributed by atoms with Crippen LogP contribution in [0.25, 0.3) is 11.4 Å². The first-order valence-electron chi connectivity index (χ1n) is 9.56. The minimum absolute atomic E-state index is 0.261. The highest BCUT2D eigenvalue weighted by atomic mass is 35.5. The lowest BCUT2D eigenvalue weighted by Gasteiger charge is -2.35. The molecule has 9 nitrogen and oxygen atoms in total. The normalized spacial score (nSPS) is 14.8. The Morgan fingerprint density at radius 1 is 1.24 bits per heavy atom. The van der Waals surface area contributed by atoms with E-state index in [1.807, 2.05) is 19.1 Å². The topological polar surface area (TPSA) is 96.1 Å². The van der Waals surface area contributed by atoms with Crippen molar-refractivity contribution in [2.75, 3.05) is 46.4 Å². The van der Waals surface area contributed by atoms with E-state index in [0.717, 1.165) is 11.5 Å². The van der Waals surface area contributed by atoms with Crippen LogP contribution in [0.3, 0.4) is 0 Å². The predicted octanol–water partition coefficient (Wildman–Crippen LogP) is 2.28. The molecule has 0 aliphatic carbocycles. The zero-order valence-corrected chi connectivity index (χ0v) is 17.4. The number of carbonyl (C=O) groups excluding carboxylic acids is 1. The second kappa shape index (κ2) is 10.1. The number of amides is 1. The smallest absolute Gasteiger partial charge is 0.409 e. The van der Waals surface area contributed by atoms with Crippen LogP contribution in [0.5, 0.6) is 0 Å². The third-order valence-electron chi connectivity index (χ3n) is 4.51. The number of piperazine rings is 1. The summed E-state index contributed by atoms with van der Waals surface area (Å²) < 4.78 is 10.4. The first-order chi connectivity index (χ1) is 14.1. The molecule has 2 aromatic rings. The quantitative estimate of drug-likeness (QED) is 0.585. The van der Waals surface area contributed by atoms with Crippen LogP contribution in [0.4, 0.5) is 4.79 Å². The van der Waals surface area contributed by atoms with Gasteiger partial charge in [0.25, 0.3) is 0 Å². The van der Waals surface area contributed by atoms with Gasteiger partial charge in [-0.3, -0.25) is 4.99 Å². The van der Waals surface area contributed by atoms with Crippen molar-refractivity contribution in [1.82, 2.24) is 25.3 Å². The average Bonchev–Trinajstić information content (AvgIpc) is 3.21. The molecule has 29 heavy (non-hydrogen) atoms. The molecule has 0 atom stereocenters. The van der Waals surface area contributed by atoms with Gasteiger partial charge in [-0.1, -0.05) is 16.8 Å². The number of halogens is 1. The molecule has 1 N–H and O–H groups in total. The summed E-state index contributed by atoms with van der Waals surface area (Å²) in [6, 6.07) is 7.29. The third-order valence-corrected chi connectivity index (χ3v) is 4.76. The first-order valence-corrected chi connectivity index (χ1v) is 9.94. The third kappa shape index (κ3) is 5.60. The summed E-state index contributed by atoms with van der Waals surface area (Å²) >= 11 is 5.90. The van der Waals surface area contributed by atoms with Crippen molar-refractivity contribution < 1.29 is 14.1 Å². The molecule has 1 aliphatic rings. The van der Waals surface area contributed by atoms with Crippen LogP contribution in [0, 0.1) is 0 Å². The number of hydrogen-bond donors (Lipinski definition) is 1. The van der Waals surface area contributed by atoms with Crippen molar-refractivity contribution in [3.8, 4) is 11.4 Å². The highest BCUT2D eigenvalue weighted by Gasteiger charge is 2.23. The maximum atomic E-state index is 11.8. The van der Waals surface area contributed by atoms with Gasteiger partial charge in [0.15, 0.2) is 5.96 Å². The lowest BCUT2D eigenvalue weighted by atomic mass is 10.2. The number of carbonyl (C=O) groups is 1. The molecule has 1 saturated heterocycles.